The summed E-state index contributed by atoms with van der Waals surface area (Å²) in [5.41, 5.74) is 2.13. The van der Waals surface area contributed by atoms with Gasteiger partial charge in [-0.3, -0.25) is 9.69 Å². The van der Waals surface area contributed by atoms with Crippen molar-refractivity contribution in [3.8, 4) is 0 Å². The van der Waals surface area contributed by atoms with Gasteiger partial charge in [-0.1, -0.05) is 37.1 Å². The van der Waals surface area contributed by atoms with Crippen LogP contribution < -0.4 is 0 Å². The van der Waals surface area contributed by atoms with Crippen molar-refractivity contribution >= 4 is 5.91 Å². The van der Waals surface area contributed by atoms with Crippen LogP contribution in [0.1, 0.15) is 55.8 Å². The van der Waals surface area contributed by atoms with Gasteiger partial charge in [0, 0.05) is 25.6 Å². The van der Waals surface area contributed by atoms with Gasteiger partial charge >= 0.3 is 0 Å². The van der Waals surface area contributed by atoms with E-state index >= 15 is 0 Å². The Bertz CT molecular complexity index is 661. The number of rotatable bonds is 3. The minimum Gasteiger partial charge on any atom is -0.389 e. The topological polar surface area (TPSA) is 53.0 Å². The highest BCUT2D eigenvalue weighted by Gasteiger charge is 2.52. The van der Waals surface area contributed by atoms with Gasteiger partial charge in [-0.25, -0.2) is 0 Å². The molecule has 0 saturated carbocycles. The first-order valence-corrected chi connectivity index (χ1v) is 10.5. The molecule has 1 aromatic rings. The van der Waals surface area contributed by atoms with E-state index in [4.69, 9.17) is 4.74 Å². The summed E-state index contributed by atoms with van der Waals surface area (Å²) < 4.78 is 5.64. The predicted octanol–water partition coefficient (Wildman–Crippen LogP) is 2.48. The minimum atomic E-state index is -0.511. The van der Waals surface area contributed by atoms with Crippen molar-refractivity contribution in [2.75, 3.05) is 39.8 Å². The van der Waals surface area contributed by atoms with E-state index < -0.39 is 6.10 Å². The lowest BCUT2D eigenvalue weighted by molar-refractivity contribution is -0.133. The first-order chi connectivity index (χ1) is 13.2. The van der Waals surface area contributed by atoms with Gasteiger partial charge in [0.1, 0.15) is 6.10 Å². The molecule has 148 valence electrons. The second kappa shape index (κ2) is 7.90. The van der Waals surface area contributed by atoms with E-state index in [1.807, 2.05) is 6.07 Å². The molecule has 1 amide bonds. The van der Waals surface area contributed by atoms with E-state index in [-0.39, 0.29) is 17.4 Å². The Balaban J connectivity index is 1.42. The van der Waals surface area contributed by atoms with Crippen molar-refractivity contribution < 1.29 is 14.6 Å². The van der Waals surface area contributed by atoms with E-state index in [0.29, 0.717) is 6.54 Å². The minimum absolute atomic E-state index is 0.237. The van der Waals surface area contributed by atoms with E-state index in [9.17, 15) is 9.90 Å². The zero-order valence-corrected chi connectivity index (χ0v) is 16.4. The van der Waals surface area contributed by atoms with E-state index in [1.165, 1.54) is 18.4 Å². The molecule has 1 aromatic carbocycles. The molecular weight excluding hydrogens is 340 g/mol. The fourth-order valence-corrected chi connectivity index (χ4v) is 5.36. The summed E-state index contributed by atoms with van der Waals surface area (Å²) in [7, 11) is 1.68. The van der Waals surface area contributed by atoms with Crippen molar-refractivity contribution in [3.05, 3.63) is 35.4 Å². The Morgan fingerprint density at radius 1 is 1.11 bits per heavy atom. The molecule has 2 saturated heterocycles. The largest absolute Gasteiger partial charge is 0.389 e. The number of benzene rings is 1. The van der Waals surface area contributed by atoms with Gasteiger partial charge < -0.3 is 14.7 Å². The van der Waals surface area contributed by atoms with Gasteiger partial charge in [-0.15, -0.1) is 0 Å². The van der Waals surface area contributed by atoms with Crippen LogP contribution in [0.3, 0.4) is 0 Å². The maximum absolute atomic E-state index is 12.7. The van der Waals surface area contributed by atoms with Crippen LogP contribution in [0.4, 0.5) is 0 Å². The van der Waals surface area contributed by atoms with E-state index in [0.717, 1.165) is 57.4 Å². The van der Waals surface area contributed by atoms with Crippen LogP contribution >= 0.6 is 0 Å². The molecule has 27 heavy (non-hydrogen) atoms. The molecule has 1 spiro atoms. The van der Waals surface area contributed by atoms with E-state index in [2.05, 4.69) is 28.0 Å². The molecule has 4 rings (SSSR count). The number of fused-ring (bicyclic) bond motifs is 2. The summed E-state index contributed by atoms with van der Waals surface area (Å²) in [4.78, 5) is 17.0. The number of methoxy groups -OCH3 is 1. The number of carbonyl (C=O) groups excluding carboxylic acids is 1. The maximum Gasteiger partial charge on any atom is 0.236 e. The molecule has 2 atom stereocenters. The van der Waals surface area contributed by atoms with Gasteiger partial charge in [-0.2, -0.15) is 0 Å². The van der Waals surface area contributed by atoms with Crippen LogP contribution in [0, 0.1) is 0 Å². The molecule has 5 heteroatoms. The van der Waals surface area contributed by atoms with Crippen molar-refractivity contribution in [2.24, 2.45) is 0 Å². The number of hydrogen-bond donors (Lipinski definition) is 1. The fourth-order valence-electron chi connectivity index (χ4n) is 5.36. The van der Waals surface area contributed by atoms with Crippen LogP contribution in [-0.4, -0.2) is 66.8 Å². The molecule has 2 fully saturated rings. The molecule has 5 nitrogen and oxygen atoms in total. The first kappa shape index (κ1) is 18.9. The highest BCUT2D eigenvalue weighted by molar-refractivity contribution is 5.78. The Morgan fingerprint density at radius 3 is 2.44 bits per heavy atom. The average molecular weight is 373 g/mol. The number of amides is 1. The van der Waals surface area contributed by atoms with Gasteiger partial charge in [0.25, 0.3) is 0 Å². The molecular formula is C22H32N2O3. The van der Waals surface area contributed by atoms with Crippen molar-refractivity contribution in [1.82, 2.24) is 9.80 Å². The summed E-state index contributed by atoms with van der Waals surface area (Å²) in [6, 6.07) is 8.30. The number of aliphatic hydroxyl groups is 1. The molecule has 0 aromatic heterocycles. The number of piperidine rings is 1. The second-order valence-electron chi connectivity index (χ2n) is 8.42. The quantitative estimate of drug-likeness (QED) is 0.886. The fraction of sp³-hybridized carbons (Fsp3) is 0.682. The van der Waals surface area contributed by atoms with Crippen molar-refractivity contribution in [2.45, 2.75) is 56.1 Å². The monoisotopic (exact) mass is 372 g/mol. The molecule has 1 N–H and O–H groups in total. The smallest absolute Gasteiger partial charge is 0.236 e. The number of ether oxygens (including phenoxy) is 1. The lowest BCUT2D eigenvalue weighted by Crippen LogP contribution is -2.50. The van der Waals surface area contributed by atoms with E-state index in [1.54, 1.807) is 7.11 Å². The third-order valence-corrected chi connectivity index (χ3v) is 6.98. The molecule has 3 aliphatic rings. The SMILES string of the molecule is CO[C@@H]1c2ccccc2C2(CCN(CC(=O)N3CCCCCC3)CC2)[C@H]1O. The number of hydrogen-bond acceptors (Lipinski definition) is 4. The van der Waals surface area contributed by atoms with Crippen LogP contribution in [0.15, 0.2) is 24.3 Å². The standard InChI is InChI=1S/C22H32N2O3/c1-27-20-17-8-4-5-9-18(17)22(21(20)26)10-14-23(15-11-22)16-19(25)24-12-6-2-3-7-13-24/h4-5,8-9,20-21,26H,2-3,6-7,10-16H2,1H3/t20-,21+/m1/s1. The van der Waals surface area contributed by atoms with Gasteiger partial charge in [-0.05, 0) is 49.9 Å². The lowest BCUT2D eigenvalue weighted by atomic mass is 9.72. The molecule has 0 unspecified atom stereocenters. The van der Waals surface area contributed by atoms with Gasteiger partial charge in [0.05, 0.1) is 12.6 Å². The zero-order valence-electron chi connectivity index (χ0n) is 16.4. The molecule has 0 bridgehead atoms. The lowest BCUT2D eigenvalue weighted by Gasteiger charge is -2.42. The third kappa shape index (κ3) is 3.41. The molecule has 0 radical (unpaired) electrons. The zero-order chi connectivity index (χ0) is 18.9. The van der Waals surface area contributed by atoms with Gasteiger partial charge in [0.2, 0.25) is 5.91 Å². The third-order valence-electron chi connectivity index (χ3n) is 6.98. The Morgan fingerprint density at radius 2 is 1.78 bits per heavy atom. The Kier molecular flexibility index (Phi) is 5.53. The number of aliphatic hydroxyl groups excluding tert-OH is 1. The summed E-state index contributed by atoms with van der Waals surface area (Å²) >= 11 is 0. The number of nitrogens with zero attached hydrogens (tertiary/aromatic N) is 2. The summed E-state index contributed by atoms with van der Waals surface area (Å²) in [5, 5.41) is 11.1. The summed E-state index contributed by atoms with van der Waals surface area (Å²) in [6.45, 7) is 4.04. The average Bonchev–Trinajstić information content (AvgIpc) is 2.88. The van der Waals surface area contributed by atoms with Crippen molar-refractivity contribution in [3.63, 3.8) is 0 Å². The highest BCUT2D eigenvalue weighted by atomic mass is 16.5. The molecule has 2 aliphatic heterocycles. The predicted molar refractivity (Wildman–Crippen MR) is 105 cm³/mol. The maximum atomic E-state index is 12.7. The van der Waals surface area contributed by atoms with Crippen LogP contribution in [0.25, 0.3) is 0 Å². The summed E-state index contributed by atoms with van der Waals surface area (Å²) in [5.74, 6) is 0.273. The normalized spacial score (nSPS) is 28.1. The second-order valence-corrected chi connectivity index (χ2v) is 8.42. The summed E-state index contributed by atoms with van der Waals surface area (Å²) in [6.07, 6.45) is 5.75. The van der Waals surface area contributed by atoms with Crippen LogP contribution in [-0.2, 0) is 14.9 Å². The van der Waals surface area contributed by atoms with Gasteiger partial charge in [0.15, 0.2) is 0 Å². The Hall–Kier alpha value is -1.43. The van der Waals surface area contributed by atoms with Crippen molar-refractivity contribution in [1.29, 1.82) is 0 Å². The molecule has 1 aliphatic carbocycles. The first-order valence-electron chi connectivity index (χ1n) is 10.5. The van der Waals surface area contributed by atoms with Crippen LogP contribution in [0.2, 0.25) is 0 Å². The number of likely N-dealkylation sites (tertiary alicyclic amines) is 2. The van der Waals surface area contributed by atoms with Crippen LogP contribution in [0.5, 0.6) is 0 Å². The molecule has 2 heterocycles. The number of carbonyl (C=O) groups is 1. The highest BCUT2D eigenvalue weighted by Crippen LogP contribution is 2.51. The Labute approximate surface area is 162 Å².